The predicted molar refractivity (Wildman–Crippen MR) is 51.2 cm³/mol. The molecule has 3 amide bonds. The maximum atomic E-state index is 11.5. The Morgan fingerprint density at radius 3 is 2.80 bits per heavy atom. The third kappa shape index (κ3) is 1.56. The van der Waals surface area contributed by atoms with Gasteiger partial charge in [0.05, 0.1) is 11.8 Å². The van der Waals surface area contributed by atoms with Crippen molar-refractivity contribution in [3.63, 3.8) is 0 Å². The summed E-state index contributed by atoms with van der Waals surface area (Å²) < 4.78 is 0. The lowest BCUT2D eigenvalue weighted by molar-refractivity contribution is -0.125. The Balaban J connectivity index is 2.29. The number of nitrogens with one attached hydrogen (secondary N) is 2. The van der Waals surface area contributed by atoms with Gasteiger partial charge in [-0.15, -0.1) is 0 Å². The normalized spacial score (nSPS) is 28.2. The van der Waals surface area contributed by atoms with Crippen molar-refractivity contribution < 1.29 is 14.4 Å². The van der Waals surface area contributed by atoms with Gasteiger partial charge in [0.2, 0.25) is 17.7 Å². The second kappa shape index (κ2) is 3.34. The maximum absolute atomic E-state index is 11.5. The number of carbonyl (C=O) groups excluding carboxylic acids is 3. The Morgan fingerprint density at radius 1 is 1.40 bits per heavy atom. The molecule has 15 heavy (non-hydrogen) atoms. The van der Waals surface area contributed by atoms with Crippen LogP contribution in [0.1, 0.15) is 6.92 Å². The largest absolute Gasteiger partial charge is 0.329 e. The van der Waals surface area contributed by atoms with Gasteiger partial charge >= 0.3 is 0 Å². The Bertz CT molecular complexity index is 409. The van der Waals surface area contributed by atoms with E-state index in [9.17, 15) is 14.4 Å². The fourth-order valence-corrected chi connectivity index (χ4v) is 1.84. The van der Waals surface area contributed by atoms with Crippen LogP contribution in [-0.2, 0) is 14.4 Å². The molecule has 2 N–H and O–H groups in total. The molecule has 0 bridgehead atoms. The molecular weight excluding hydrogens is 196 g/mol. The van der Waals surface area contributed by atoms with Crippen molar-refractivity contribution in [3.05, 3.63) is 23.9 Å². The highest BCUT2D eigenvalue weighted by Crippen LogP contribution is 2.29. The molecule has 2 atom stereocenters. The van der Waals surface area contributed by atoms with E-state index in [4.69, 9.17) is 0 Å². The van der Waals surface area contributed by atoms with Crippen LogP contribution in [0.4, 0.5) is 0 Å². The molecule has 0 saturated carbocycles. The van der Waals surface area contributed by atoms with Gasteiger partial charge < -0.3 is 5.32 Å². The summed E-state index contributed by atoms with van der Waals surface area (Å²) >= 11 is 0. The van der Waals surface area contributed by atoms with Crippen molar-refractivity contribution >= 4 is 17.7 Å². The van der Waals surface area contributed by atoms with Crippen LogP contribution in [0.5, 0.6) is 0 Å². The quantitative estimate of drug-likeness (QED) is 0.566. The van der Waals surface area contributed by atoms with E-state index in [-0.39, 0.29) is 17.7 Å². The second-order valence-electron chi connectivity index (χ2n) is 3.55. The molecule has 0 aromatic rings. The van der Waals surface area contributed by atoms with Crippen LogP contribution in [0.15, 0.2) is 23.9 Å². The number of hydrogen-bond donors (Lipinski definition) is 2. The minimum atomic E-state index is -0.577. The monoisotopic (exact) mass is 206 g/mol. The Hall–Kier alpha value is -1.91. The van der Waals surface area contributed by atoms with Crippen LogP contribution in [0.25, 0.3) is 0 Å². The number of amides is 3. The van der Waals surface area contributed by atoms with Gasteiger partial charge in [-0.25, -0.2) is 0 Å². The predicted octanol–water partition coefficient (Wildman–Crippen LogP) is -0.535. The molecule has 1 aliphatic heterocycles. The average Bonchev–Trinajstić information content (AvgIpc) is 2.43. The Labute approximate surface area is 86.2 Å². The first kappa shape index (κ1) is 9.64. The van der Waals surface area contributed by atoms with Crippen molar-refractivity contribution in [2.75, 3.05) is 0 Å². The van der Waals surface area contributed by atoms with E-state index in [2.05, 4.69) is 10.6 Å². The van der Waals surface area contributed by atoms with E-state index in [1.807, 2.05) is 0 Å². The summed E-state index contributed by atoms with van der Waals surface area (Å²) in [7, 11) is 0. The molecule has 0 radical (unpaired) electrons. The first-order valence-electron chi connectivity index (χ1n) is 4.60. The number of imide groups is 1. The van der Waals surface area contributed by atoms with E-state index in [1.165, 1.54) is 6.92 Å². The number of fused-ring (bicyclic) bond motifs is 1. The highest BCUT2D eigenvalue weighted by molar-refractivity contribution is 6.07. The van der Waals surface area contributed by atoms with E-state index in [0.717, 1.165) is 0 Å². The molecule has 1 fully saturated rings. The molecule has 78 valence electrons. The molecule has 0 aromatic heterocycles. The van der Waals surface area contributed by atoms with Gasteiger partial charge in [0.1, 0.15) is 0 Å². The van der Waals surface area contributed by atoms with Crippen LogP contribution in [0.2, 0.25) is 0 Å². The third-order valence-electron chi connectivity index (χ3n) is 2.44. The maximum Gasteiger partial charge on any atom is 0.236 e. The van der Waals surface area contributed by atoms with E-state index in [0.29, 0.717) is 5.70 Å². The van der Waals surface area contributed by atoms with Crippen molar-refractivity contribution in [3.8, 4) is 0 Å². The van der Waals surface area contributed by atoms with Crippen LogP contribution in [0.3, 0.4) is 0 Å². The minimum Gasteiger partial charge on any atom is -0.329 e. The van der Waals surface area contributed by atoms with Crippen LogP contribution in [-0.4, -0.2) is 17.7 Å². The molecule has 1 aliphatic carbocycles. The standard InChI is InChI=1S/C10H10N2O3/c1-5(13)11-7-4-2-3-6-8(7)10(15)12-9(6)14/h2-4,6,8H,1H3,(H,11,13)(H,12,14,15). The molecule has 2 aliphatic rings. The van der Waals surface area contributed by atoms with E-state index in [1.54, 1.807) is 18.2 Å². The Kier molecular flexibility index (Phi) is 2.15. The summed E-state index contributed by atoms with van der Waals surface area (Å²) in [5.41, 5.74) is 0.485. The zero-order valence-corrected chi connectivity index (χ0v) is 8.11. The van der Waals surface area contributed by atoms with Crippen LogP contribution >= 0.6 is 0 Å². The number of allylic oxidation sites excluding steroid dienone is 2. The van der Waals surface area contributed by atoms with E-state index < -0.39 is 11.8 Å². The summed E-state index contributed by atoms with van der Waals surface area (Å²) in [6.45, 7) is 1.36. The SMILES string of the molecule is CC(=O)NC1=CC=CC2C(=O)NC(=O)C12. The van der Waals surface area contributed by atoms with Gasteiger partial charge in [0.15, 0.2) is 0 Å². The number of hydrogen-bond acceptors (Lipinski definition) is 3. The van der Waals surface area contributed by atoms with Crippen molar-refractivity contribution in [1.82, 2.24) is 10.6 Å². The average molecular weight is 206 g/mol. The van der Waals surface area contributed by atoms with E-state index >= 15 is 0 Å². The molecule has 1 saturated heterocycles. The molecule has 5 nitrogen and oxygen atoms in total. The zero-order chi connectivity index (χ0) is 11.0. The molecule has 2 rings (SSSR count). The summed E-state index contributed by atoms with van der Waals surface area (Å²) in [6.07, 6.45) is 4.97. The lowest BCUT2D eigenvalue weighted by Gasteiger charge is -2.19. The molecule has 5 heteroatoms. The van der Waals surface area contributed by atoms with Crippen molar-refractivity contribution in [2.45, 2.75) is 6.92 Å². The van der Waals surface area contributed by atoms with Crippen molar-refractivity contribution in [2.24, 2.45) is 11.8 Å². The molecular formula is C10H10N2O3. The second-order valence-corrected chi connectivity index (χ2v) is 3.55. The van der Waals surface area contributed by atoms with Crippen LogP contribution < -0.4 is 10.6 Å². The molecule has 2 unspecified atom stereocenters. The third-order valence-corrected chi connectivity index (χ3v) is 2.44. The first-order valence-corrected chi connectivity index (χ1v) is 4.60. The van der Waals surface area contributed by atoms with Crippen molar-refractivity contribution in [1.29, 1.82) is 0 Å². The van der Waals surface area contributed by atoms with Gasteiger partial charge in [-0.05, 0) is 6.08 Å². The lowest BCUT2D eigenvalue weighted by Crippen LogP contribution is -2.32. The van der Waals surface area contributed by atoms with Gasteiger partial charge in [-0.1, -0.05) is 12.2 Å². The van der Waals surface area contributed by atoms with Gasteiger partial charge in [-0.2, -0.15) is 0 Å². The fourth-order valence-electron chi connectivity index (χ4n) is 1.84. The summed E-state index contributed by atoms with van der Waals surface area (Å²) in [6, 6.07) is 0. The number of carbonyl (C=O) groups is 3. The lowest BCUT2D eigenvalue weighted by atomic mass is 9.88. The van der Waals surface area contributed by atoms with Gasteiger partial charge in [0, 0.05) is 12.6 Å². The Morgan fingerprint density at radius 2 is 2.13 bits per heavy atom. The molecule has 0 spiro atoms. The highest BCUT2D eigenvalue weighted by atomic mass is 16.2. The van der Waals surface area contributed by atoms with Gasteiger partial charge in [-0.3, -0.25) is 19.7 Å². The number of rotatable bonds is 1. The highest BCUT2D eigenvalue weighted by Gasteiger charge is 2.43. The summed E-state index contributed by atoms with van der Waals surface area (Å²) in [5.74, 6) is -1.97. The molecule has 1 heterocycles. The topological polar surface area (TPSA) is 75.3 Å². The van der Waals surface area contributed by atoms with Crippen LogP contribution in [0, 0.1) is 11.8 Å². The summed E-state index contributed by atoms with van der Waals surface area (Å²) in [4.78, 5) is 33.7. The minimum absolute atomic E-state index is 0.248. The smallest absolute Gasteiger partial charge is 0.236 e. The summed E-state index contributed by atoms with van der Waals surface area (Å²) in [5, 5.41) is 4.80. The van der Waals surface area contributed by atoms with Gasteiger partial charge in [0.25, 0.3) is 0 Å². The zero-order valence-electron chi connectivity index (χ0n) is 8.11. The molecule has 0 aromatic carbocycles. The first-order chi connectivity index (χ1) is 7.09. The fraction of sp³-hybridized carbons (Fsp3) is 0.300.